The predicted octanol–water partition coefficient (Wildman–Crippen LogP) is 2.41. The highest BCUT2D eigenvalue weighted by atomic mass is 31.2. The Hall–Kier alpha value is -0.170. The first kappa shape index (κ1) is 35.9. The molecule has 0 aromatic carbocycles. The summed E-state index contributed by atoms with van der Waals surface area (Å²) in [6.45, 7) is 4.31. The number of unbranched alkanes of at least 4 members (excludes halogenated alkanes) is 9. The molecule has 0 aromatic heterocycles. The van der Waals surface area contributed by atoms with Crippen molar-refractivity contribution in [3.8, 4) is 0 Å². The third-order valence-corrected chi connectivity index (χ3v) is 8.09. The van der Waals surface area contributed by atoms with E-state index in [0.717, 1.165) is 25.2 Å². The number of ether oxygens (including phenoxy) is 1. The van der Waals surface area contributed by atoms with Crippen LogP contribution >= 0.6 is 7.82 Å². The SMILES string of the molecule is CCCCCCC[C@H](C)CCCCCCCCOC[C@@H](O)COP(=O)(O)OC1[C@@H](O)[C@H](O)C(O)[C@H](O)[C@@H]1O. The Bertz CT molecular complexity index is 624. The van der Waals surface area contributed by atoms with Crippen molar-refractivity contribution in [2.75, 3.05) is 19.8 Å². The van der Waals surface area contributed by atoms with E-state index in [1.54, 1.807) is 0 Å². The topological polar surface area (TPSA) is 186 Å². The number of aliphatic hydroxyl groups is 6. The van der Waals surface area contributed by atoms with E-state index in [9.17, 15) is 40.1 Å². The summed E-state index contributed by atoms with van der Waals surface area (Å²) in [6.07, 6.45) is 3.40. The third-order valence-electron chi connectivity index (χ3n) is 7.10. The Kier molecular flexibility index (Phi) is 18.7. The van der Waals surface area contributed by atoms with Crippen molar-refractivity contribution in [1.29, 1.82) is 0 Å². The maximum absolute atomic E-state index is 12.1. The van der Waals surface area contributed by atoms with Crippen LogP contribution in [0.1, 0.15) is 97.3 Å². The molecule has 0 saturated heterocycles. The maximum atomic E-state index is 12.1. The van der Waals surface area contributed by atoms with E-state index in [1.165, 1.54) is 64.2 Å². The Morgan fingerprint density at radius 2 is 1.18 bits per heavy atom. The van der Waals surface area contributed by atoms with Crippen LogP contribution in [0.4, 0.5) is 0 Å². The summed E-state index contributed by atoms with van der Waals surface area (Å²) in [5.74, 6) is 0.812. The van der Waals surface area contributed by atoms with Crippen LogP contribution in [-0.4, -0.2) is 98.1 Å². The second kappa shape index (κ2) is 19.8. The molecule has 1 fully saturated rings. The Morgan fingerprint density at radius 1 is 0.711 bits per heavy atom. The normalized spacial score (nSPS) is 29.2. The van der Waals surface area contributed by atoms with Crippen molar-refractivity contribution < 1.29 is 53.9 Å². The summed E-state index contributed by atoms with van der Waals surface area (Å²) in [5, 5.41) is 58.6. The Balaban J connectivity index is 2.06. The molecule has 1 aliphatic carbocycles. The molecule has 12 heteroatoms. The molecule has 228 valence electrons. The van der Waals surface area contributed by atoms with Gasteiger partial charge in [0.15, 0.2) is 0 Å². The van der Waals surface area contributed by atoms with Crippen LogP contribution in [0, 0.1) is 5.92 Å². The molecule has 1 rings (SSSR count). The smallest absolute Gasteiger partial charge is 0.388 e. The zero-order valence-corrected chi connectivity index (χ0v) is 24.0. The average molecular weight is 573 g/mol. The van der Waals surface area contributed by atoms with Crippen molar-refractivity contribution in [1.82, 2.24) is 0 Å². The molecular weight excluding hydrogens is 519 g/mol. The summed E-state index contributed by atoms with van der Waals surface area (Å²) < 4.78 is 26.9. The van der Waals surface area contributed by atoms with Crippen LogP contribution in [-0.2, 0) is 18.3 Å². The van der Waals surface area contributed by atoms with Crippen LogP contribution in [0.15, 0.2) is 0 Å². The minimum Gasteiger partial charge on any atom is -0.388 e. The van der Waals surface area contributed by atoms with Crippen molar-refractivity contribution >= 4 is 7.82 Å². The lowest BCUT2D eigenvalue weighted by Crippen LogP contribution is -2.64. The zero-order chi connectivity index (χ0) is 28.6. The third kappa shape index (κ3) is 14.5. The molecule has 1 saturated carbocycles. The first-order valence-electron chi connectivity index (χ1n) is 14.3. The number of phosphoric ester groups is 1. The van der Waals surface area contributed by atoms with E-state index in [0.29, 0.717) is 6.61 Å². The number of hydrogen-bond donors (Lipinski definition) is 7. The molecule has 0 spiro atoms. The first-order chi connectivity index (χ1) is 18.0. The van der Waals surface area contributed by atoms with Crippen LogP contribution in [0.25, 0.3) is 0 Å². The van der Waals surface area contributed by atoms with Crippen LogP contribution in [0.5, 0.6) is 0 Å². The molecule has 0 amide bonds. The van der Waals surface area contributed by atoms with E-state index in [4.69, 9.17) is 4.74 Å². The molecule has 38 heavy (non-hydrogen) atoms. The van der Waals surface area contributed by atoms with Crippen molar-refractivity contribution in [2.24, 2.45) is 5.92 Å². The molecule has 1 aliphatic rings. The molecule has 0 aromatic rings. The monoisotopic (exact) mass is 572 g/mol. The van der Waals surface area contributed by atoms with Gasteiger partial charge in [0.25, 0.3) is 0 Å². The molecular formula is C26H53O11P. The summed E-state index contributed by atoms with van der Waals surface area (Å²) in [5.41, 5.74) is 0. The van der Waals surface area contributed by atoms with E-state index < -0.39 is 57.2 Å². The van der Waals surface area contributed by atoms with Crippen molar-refractivity contribution in [3.63, 3.8) is 0 Å². The fraction of sp³-hybridized carbons (Fsp3) is 1.00. The summed E-state index contributed by atoms with van der Waals surface area (Å²) in [4.78, 5) is 9.83. The molecule has 11 nitrogen and oxygen atoms in total. The van der Waals surface area contributed by atoms with Gasteiger partial charge in [-0.25, -0.2) is 4.57 Å². The van der Waals surface area contributed by atoms with E-state index in [1.807, 2.05) is 0 Å². The Morgan fingerprint density at radius 3 is 1.74 bits per heavy atom. The van der Waals surface area contributed by atoms with Gasteiger partial charge in [-0.1, -0.05) is 90.9 Å². The summed E-state index contributed by atoms with van der Waals surface area (Å²) >= 11 is 0. The largest absolute Gasteiger partial charge is 0.472 e. The van der Waals surface area contributed by atoms with Crippen molar-refractivity contribution in [2.45, 2.75) is 140 Å². The van der Waals surface area contributed by atoms with Crippen LogP contribution in [0.3, 0.4) is 0 Å². The van der Waals surface area contributed by atoms with Crippen molar-refractivity contribution in [3.05, 3.63) is 0 Å². The molecule has 7 N–H and O–H groups in total. The zero-order valence-electron chi connectivity index (χ0n) is 23.1. The number of rotatable bonds is 22. The van der Waals surface area contributed by atoms with Gasteiger partial charge in [-0.2, -0.15) is 0 Å². The summed E-state index contributed by atoms with van der Waals surface area (Å²) in [7, 11) is -4.88. The van der Waals surface area contributed by atoms with E-state index in [-0.39, 0.29) is 6.61 Å². The predicted molar refractivity (Wildman–Crippen MR) is 142 cm³/mol. The number of aliphatic hydroxyl groups excluding tert-OH is 6. The number of phosphoric acid groups is 1. The molecule has 0 bridgehead atoms. The second-order valence-corrected chi connectivity index (χ2v) is 12.1. The van der Waals surface area contributed by atoms with Gasteiger partial charge in [0.1, 0.15) is 42.7 Å². The molecule has 0 heterocycles. The lowest BCUT2D eigenvalue weighted by molar-refractivity contribution is -0.220. The van der Waals surface area contributed by atoms with Gasteiger partial charge in [0.2, 0.25) is 0 Å². The van der Waals surface area contributed by atoms with E-state index in [2.05, 4.69) is 22.9 Å². The highest BCUT2D eigenvalue weighted by Gasteiger charge is 2.51. The Labute approximate surface area is 227 Å². The molecule has 9 atom stereocenters. The van der Waals surface area contributed by atoms with Gasteiger partial charge in [0, 0.05) is 6.61 Å². The van der Waals surface area contributed by atoms with E-state index >= 15 is 0 Å². The van der Waals surface area contributed by atoms with Gasteiger partial charge in [-0.05, 0) is 12.3 Å². The summed E-state index contributed by atoms with van der Waals surface area (Å²) in [6, 6.07) is 0. The van der Waals surface area contributed by atoms with Gasteiger partial charge in [-0.3, -0.25) is 9.05 Å². The van der Waals surface area contributed by atoms with Gasteiger partial charge < -0.3 is 40.3 Å². The minimum atomic E-state index is -4.88. The van der Waals surface area contributed by atoms with Gasteiger partial charge in [-0.15, -0.1) is 0 Å². The quantitative estimate of drug-likeness (QED) is 0.0746. The molecule has 0 aliphatic heterocycles. The molecule has 0 radical (unpaired) electrons. The first-order valence-corrected chi connectivity index (χ1v) is 15.8. The fourth-order valence-electron chi connectivity index (χ4n) is 4.60. The lowest BCUT2D eigenvalue weighted by Gasteiger charge is -2.41. The van der Waals surface area contributed by atoms with Gasteiger partial charge in [0.05, 0.1) is 13.2 Å². The maximum Gasteiger partial charge on any atom is 0.472 e. The standard InChI is InChI=1S/C26H53O11P/c1-3-4-5-8-11-14-19(2)15-12-9-6-7-10-13-16-35-17-20(27)18-36-38(33,34)37-26-24(31)22(29)21(28)23(30)25(26)32/h19-32H,3-18H2,1-2H3,(H,33,34)/t19-,20+,21?,22-,23+,24-,25-,26?/m0/s1. The minimum absolute atomic E-state index is 0.116. The highest BCUT2D eigenvalue weighted by Crippen LogP contribution is 2.47. The second-order valence-electron chi connectivity index (χ2n) is 10.7. The fourth-order valence-corrected chi connectivity index (χ4v) is 5.58. The number of hydrogen-bond acceptors (Lipinski definition) is 10. The molecule has 3 unspecified atom stereocenters. The highest BCUT2D eigenvalue weighted by molar-refractivity contribution is 7.47. The lowest BCUT2D eigenvalue weighted by atomic mass is 9.85. The average Bonchev–Trinajstić information content (AvgIpc) is 2.88. The van der Waals surface area contributed by atoms with Crippen LogP contribution < -0.4 is 0 Å². The van der Waals surface area contributed by atoms with Crippen LogP contribution in [0.2, 0.25) is 0 Å². The van der Waals surface area contributed by atoms with Gasteiger partial charge >= 0.3 is 7.82 Å².